The van der Waals surface area contributed by atoms with Crippen LogP contribution in [-0.4, -0.2) is 19.3 Å². The van der Waals surface area contributed by atoms with Gasteiger partial charge in [-0.15, -0.1) is 0 Å². The Morgan fingerprint density at radius 3 is 2.40 bits per heavy atom. The van der Waals surface area contributed by atoms with E-state index in [0.717, 1.165) is 53.3 Å². The summed E-state index contributed by atoms with van der Waals surface area (Å²) in [4.78, 5) is 4.78. The topological polar surface area (TPSA) is 44.9 Å². The first-order valence-corrected chi connectivity index (χ1v) is 18.7. The average molecular weight is 665 g/mol. The molecule has 0 saturated heterocycles. The lowest BCUT2D eigenvalue weighted by atomic mass is 9.73. The molecular weight excluding hydrogens is 613 g/mol. The largest absolute Gasteiger partial charge is 0.457 e. The molecule has 0 amide bonds. The summed E-state index contributed by atoms with van der Waals surface area (Å²) < 4.78 is 11.3. The first-order valence-electron chi connectivity index (χ1n) is 18.7. The van der Waals surface area contributed by atoms with Gasteiger partial charge in [-0.25, -0.2) is 9.67 Å². The second kappa shape index (κ2) is 13.9. The van der Waals surface area contributed by atoms with Crippen LogP contribution in [0.4, 0.5) is 0 Å². The fraction of sp³-hybridized carbons (Fsp3) is 0.378. The predicted octanol–water partition coefficient (Wildman–Crippen LogP) is 12.5. The van der Waals surface area contributed by atoms with Gasteiger partial charge in [0.15, 0.2) is 0 Å². The lowest BCUT2D eigenvalue weighted by molar-refractivity contribution is 0.443. The van der Waals surface area contributed by atoms with Crippen molar-refractivity contribution in [3.8, 4) is 23.0 Å². The van der Waals surface area contributed by atoms with E-state index in [0.29, 0.717) is 23.7 Å². The molecule has 5 heteroatoms. The number of ether oxygens (including phenoxy) is 1. The number of para-hydroxylation sites is 1. The number of nitrogens with zero attached hydrogens (tertiary/aromatic N) is 4. The zero-order valence-electron chi connectivity index (χ0n) is 31.1. The van der Waals surface area contributed by atoms with Gasteiger partial charge in [-0.05, 0) is 111 Å². The maximum absolute atomic E-state index is 6.83. The summed E-state index contributed by atoms with van der Waals surface area (Å²) in [5.74, 6) is 4.17. The molecule has 258 valence electrons. The van der Waals surface area contributed by atoms with Crippen LogP contribution in [0.5, 0.6) is 11.5 Å². The van der Waals surface area contributed by atoms with Crippen molar-refractivity contribution in [3.63, 3.8) is 0 Å². The molecule has 7 rings (SSSR count). The second-order valence-electron chi connectivity index (χ2n) is 15.1. The molecule has 1 aliphatic rings. The quantitative estimate of drug-likeness (QED) is 0.137. The highest BCUT2D eigenvalue weighted by Gasteiger charge is 2.34. The molecule has 0 N–H and O–H groups in total. The van der Waals surface area contributed by atoms with Crippen molar-refractivity contribution in [1.82, 2.24) is 19.3 Å². The predicted molar refractivity (Wildman–Crippen MR) is 209 cm³/mol. The van der Waals surface area contributed by atoms with Crippen LogP contribution in [-0.2, 0) is 6.42 Å². The third-order valence-corrected chi connectivity index (χ3v) is 10.6. The summed E-state index contributed by atoms with van der Waals surface area (Å²) in [6.07, 6.45) is 9.99. The number of hydrogen-bond donors (Lipinski definition) is 0. The van der Waals surface area contributed by atoms with Crippen LogP contribution in [0.1, 0.15) is 120 Å². The molecule has 0 fully saturated rings. The highest BCUT2D eigenvalue weighted by Crippen LogP contribution is 2.45. The molecule has 0 unspecified atom stereocenters. The van der Waals surface area contributed by atoms with Gasteiger partial charge in [-0.1, -0.05) is 77.8 Å². The number of unbranched alkanes of at least 4 members (excludes halogenated alkanes) is 1. The van der Waals surface area contributed by atoms with Gasteiger partial charge in [0.1, 0.15) is 17.3 Å². The van der Waals surface area contributed by atoms with E-state index in [1.807, 2.05) is 12.3 Å². The molecule has 50 heavy (non-hydrogen) atoms. The van der Waals surface area contributed by atoms with Crippen molar-refractivity contribution in [3.05, 3.63) is 119 Å². The zero-order valence-corrected chi connectivity index (χ0v) is 31.1. The van der Waals surface area contributed by atoms with Crippen LogP contribution in [0, 0.1) is 12.8 Å². The Morgan fingerprint density at radius 2 is 1.66 bits per heavy atom. The van der Waals surface area contributed by atoms with Gasteiger partial charge < -0.3 is 4.74 Å². The van der Waals surface area contributed by atoms with Crippen LogP contribution >= 0.6 is 0 Å². The van der Waals surface area contributed by atoms with E-state index in [9.17, 15) is 0 Å². The number of pyridine rings is 1. The summed E-state index contributed by atoms with van der Waals surface area (Å²) >= 11 is 0. The smallest absolute Gasteiger partial charge is 0.137 e. The SMILES string of the molecule is CCCCc1cc(Oc2ccc3c4ccccc4n(-c4cc(C)ccn4)c3c2)cc(-n2nc(C(C)C)c([C@@H]3C(C)=CCC[C@@H]3C)c2C(C)C)c1. The van der Waals surface area contributed by atoms with Gasteiger partial charge in [-0.3, -0.25) is 4.57 Å². The molecular formula is C45H52N4O. The minimum atomic E-state index is 0.315. The van der Waals surface area contributed by atoms with Crippen molar-refractivity contribution in [2.24, 2.45) is 5.92 Å². The Bertz CT molecular complexity index is 2200. The number of rotatable bonds is 10. The average Bonchev–Trinajstić information content (AvgIpc) is 3.64. The van der Waals surface area contributed by atoms with E-state index in [2.05, 4.69) is 137 Å². The monoisotopic (exact) mass is 664 g/mol. The Hall–Kier alpha value is -4.64. The molecule has 0 spiro atoms. The van der Waals surface area contributed by atoms with E-state index < -0.39 is 0 Å². The number of aromatic nitrogens is 4. The van der Waals surface area contributed by atoms with E-state index in [4.69, 9.17) is 14.8 Å². The second-order valence-corrected chi connectivity index (χ2v) is 15.1. The van der Waals surface area contributed by atoms with Crippen molar-refractivity contribution in [1.29, 1.82) is 0 Å². The van der Waals surface area contributed by atoms with Gasteiger partial charge in [0.05, 0.1) is 28.1 Å². The Balaban J connectivity index is 1.37. The highest BCUT2D eigenvalue weighted by molar-refractivity contribution is 6.09. The molecule has 6 aromatic rings. The number of hydrogen-bond acceptors (Lipinski definition) is 3. The van der Waals surface area contributed by atoms with Crippen LogP contribution in [0.25, 0.3) is 33.3 Å². The summed E-state index contributed by atoms with van der Waals surface area (Å²) in [6.45, 7) is 18.4. The highest BCUT2D eigenvalue weighted by atomic mass is 16.5. The van der Waals surface area contributed by atoms with Gasteiger partial charge in [0, 0.05) is 40.6 Å². The summed E-state index contributed by atoms with van der Waals surface area (Å²) in [6, 6.07) is 26.0. The molecule has 1 aliphatic carbocycles. The van der Waals surface area contributed by atoms with Gasteiger partial charge in [-0.2, -0.15) is 5.10 Å². The first-order chi connectivity index (χ1) is 24.1. The molecule has 0 bridgehead atoms. The normalized spacial score (nSPS) is 16.6. The van der Waals surface area contributed by atoms with E-state index in [1.165, 1.54) is 57.3 Å². The maximum atomic E-state index is 6.83. The maximum Gasteiger partial charge on any atom is 0.137 e. The molecule has 3 heterocycles. The molecule has 0 radical (unpaired) electrons. The van der Waals surface area contributed by atoms with Crippen LogP contribution in [0.15, 0.2) is 90.6 Å². The minimum Gasteiger partial charge on any atom is -0.457 e. The van der Waals surface area contributed by atoms with Gasteiger partial charge >= 0.3 is 0 Å². The lowest BCUT2D eigenvalue weighted by Crippen LogP contribution is -2.18. The molecule has 0 aliphatic heterocycles. The zero-order chi connectivity index (χ0) is 35.1. The van der Waals surface area contributed by atoms with Gasteiger partial charge in [0.25, 0.3) is 0 Å². The summed E-state index contributed by atoms with van der Waals surface area (Å²) in [5, 5.41) is 7.84. The third-order valence-electron chi connectivity index (χ3n) is 10.6. The summed E-state index contributed by atoms with van der Waals surface area (Å²) in [5.41, 5.74) is 11.2. The molecule has 3 aromatic heterocycles. The van der Waals surface area contributed by atoms with Crippen molar-refractivity contribution in [2.75, 3.05) is 0 Å². The van der Waals surface area contributed by atoms with Crippen LogP contribution < -0.4 is 4.74 Å². The van der Waals surface area contributed by atoms with E-state index in [-0.39, 0.29) is 0 Å². The Kier molecular flexibility index (Phi) is 9.43. The Morgan fingerprint density at radius 1 is 0.860 bits per heavy atom. The van der Waals surface area contributed by atoms with Crippen molar-refractivity contribution < 1.29 is 4.74 Å². The van der Waals surface area contributed by atoms with Crippen molar-refractivity contribution >= 4 is 21.8 Å². The molecule has 2 atom stereocenters. The minimum absolute atomic E-state index is 0.315. The lowest BCUT2D eigenvalue weighted by Gasteiger charge is -2.31. The summed E-state index contributed by atoms with van der Waals surface area (Å²) in [7, 11) is 0. The first kappa shape index (κ1) is 33.8. The fourth-order valence-corrected chi connectivity index (χ4v) is 8.18. The van der Waals surface area contributed by atoms with Crippen LogP contribution in [0.3, 0.4) is 0 Å². The third kappa shape index (κ3) is 6.27. The number of benzene rings is 3. The molecule has 3 aromatic carbocycles. The number of fused-ring (bicyclic) bond motifs is 3. The standard InChI is InChI=1S/C45H52N4O/c1-9-10-16-33-24-34(49-45(29(4)5)43(44(47-49)28(2)3)42-31(7)14-13-15-32(42)8)26-36(25-33)50-35-19-20-38-37-17-11-12-18-39(37)48(40(38)27-35)41-23-30(6)21-22-46-41/h11-12,14,17-29,32,42H,9-10,13,15-16H2,1-8H3/t32-,42+/m0/s1. The molecule has 0 saturated carbocycles. The van der Waals surface area contributed by atoms with E-state index >= 15 is 0 Å². The fourth-order valence-electron chi connectivity index (χ4n) is 8.18. The van der Waals surface area contributed by atoms with Crippen molar-refractivity contribution in [2.45, 2.75) is 105 Å². The van der Waals surface area contributed by atoms with Crippen LogP contribution in [0.2, 0.25) is 0 Å². The Labute approximate surface area is 298 Å². The number of aryl methyl sites for hydroxylation is 2. The van der Waals surface area contributed by atoms with E-state index in [1.54, 1.807) is 0 Å². The number of allylic oxidation sites excluding steroid dienone is 2. The van der Waals surface area contributed by atoms with Gasteiger partial charge in [0.2, 0.25) is 0 Å². The molecule has 5 nitrogen and oxygen atoms in total.